The van der Waals surface area contributed by atoms with Crippen LogP contribution < -0.4 is 16.4 Å². The van der Waals surface area contributed by atoms with Crippen LogP contribution in [-0.2, 0) is 48.0 Å². The number of phenols is 1. The van der Waals surface area contributed by atoms with Crippen LogP contribution >= 0.6 is 0 Å². The van der Waals surface area contributed by atoms with Gasteiger partial charge in [-0.1, -0.05) is 74.5 Å². The quantitative estimate of drug-likeness (QED) is 0.142. The van der Waals surface area contributed by atoms with Gasteiger partial charge in [0.25, 0.3) is 0 Å². The average Bonchev–Trinajstić information content (AvgIpc) is 3.68. The number of aromatic hydroxyl groups is 1. The highest BCUT2D eigenvalue weighted by atomic mass is 16.3. The van der Waals surface area contributed by atoms with Crippen molar-refractivity contribution in [3.63, 3.8) is 0 Å². The maximum absolute atomic E-state index is 15.1. The molecule has 5 rings (SSSR count). The summed E-state index contributed by atoms with van der Waals surface area (Å²) in [6.07, 6.45) is 3.23. The molecule has 1 aliphatic rings. The zero-order valence-electron chi connectivity index (χ0n) is 36.8. The highest BCUT2D eigenvalue weighted by molar-refractivity contribution is 5.98. The second-order valence-electron chi connectivity index (χ2n) is 16.7. The first-order chi connectivity index (χ1) is 29.5. The smallest absolute Gasteiger partial charge is 0.246 e. The van der Waals surface area contributed by atoms with Crippen molar-refractivity contribution in [2.45, 2.75) is 95.5 Å². The van der Waals surface area contributed by atoms with Crippen LogP contribution in [0.3, 0.4) is 0 Å². The van der Waals surface area contributed by atoms with E-state index < -0.39 is 77.6 Å². The number of benzene rings is 3. The van der Waals surface area contributed by atoms with E-state index in [2.05, 4.69) is 15.6 Å². The molecule has 1 aromatic heterocycles. The predicted molar refractivity (Wildman–Crippen MR) is 237 cm³/mol. The van der Waals surface area contributed by atoms with Crippen LogP contribution in [-0.4, -0.2) is 136 Å². The number of nitrogens with one attached hydrogen (secondary N) is 3. The van der Waals surface area contributed by atoms with Crippen molar-refractivity contribution in [1.82, 2.24) is 35.2 Å². The van der Waals surface area contributed by atoms with E-state index in [0.717, 1.165) is 22.0 Å². The molecule has 1 saturated heterocycles. The SMILES string of the molecule is CC(C)[C@@H]1NC(=O)[C@H](CCCCN)N(C)C(=O)[C@@H](Cc2c[nH]c3ccccc23)N(C)C(=O)[C@H](Cc2ccc(O)cc2)NC(=O)[C@H](C)N(C)C(=O)[C@H](Cc2ccccc2)N(C)C1=O. The van der Waals surface area contributed by atoms with Gasteiger partial charge in [0.2, 0.25) is 35.4 Å². The van der Waals surface area contributed by atoms with Crippen LogP contribution in [0.2, 0.25) is 0 Å². The fourth-order valence-corrected chi connectivity index (χ4v) is 7.99. The van der Waals surface area contributed by atoms with Crippen molar-refractivity contribution in [1.29, 1.82) is 0 Å². The van der Waals surface area contributed by atoms with Crippen LogP contribution in [0.5, 0.6) is 5.75 Å². The number of hydrogen-bond donors (Lipinski definition) is 5. The highest BCUT2D eigenvalue weighted by Gasteiger charge is 2.42. The van der Waals surface area contributed by atoms with E-state index in [9.17, 15) is 29.1 Å². The van der Waals surface area contributed by atoms with Crippen molar-refractivity contribution in [3.05, 3.63) is 102 Å². The topological polar surface area (TPSA) is 201 Å². The van der Waals surface area contributed by atoms with Gasteiger partial charge in [0, 0.05) is 64.6 Å². The zero-order chi connectivity index (χ0) is 45.2. The Morgan fingerprint density at radius 1 is 0.629 bits per heavy atom. The number of amides is 6. The second kappa shape index (κ2) is 21.0. The number of aromatic nitrogens is 1. The Kier molecular flexibility index (Phi) is 15.9. The lowest BCUT2D eigenvalue weighted by molar-refractivity contribution is -0.152. The first-order valence-corrected chi connectivity index (χ1v) is 21.3. The fraction of sp³-hybridized carbons (Fsp3) is 0.447. The molecule has 6 atom stereocenters. The predicted octanol–water partition coefficient (Wildman–Crippen LogP) is 3.00. The van der Waals surface area contributed by atoms with Crippen molar-refractivity contribution in [3.8, 4) is 5.75 Å². The number of hydrogen-bond acceptors (Lipinski definition) is 8. The molecule has 0 radical (unpaired) electrons. The van der Waals surface area contributed by atoms with E-state index in [0.29, 0.717) is 24.9 Å². The number of carbonyl (C=O) groups is 6. The second-order valence-corrected chi connectivity index (χ2v) is 16.7. The highest BCUT2D eigenvalue weighted by Crippen LogP contribution is 2.24. The van der Waals surface area contributed by atoms with Crippen LogP contribution in [0.1, 0.15) is 56.7 Å². The third-order valence-corrected chi connectivity index (χ3v) is 12.1. The molecule has 15 nitrogen and oxygen atoms in total. The summed E-state index contributed by atoms with van der Waals surface area (Å²) in [5.74, 6) is -3.76. The van der Waals surface area contributed by atoms with Crippen molar-refractivity contribution in [2.75, 3.05) is 34.7 Å². The van der Waals surface area contributed by atoms with Crippen LogP contribution in [0.25, 0.3) is 10.9 Å². The third-order valence-electron chi connectivity index (χ3n) is 12.1. The Hall–Kier alpha value is -6.22. The molecule has 1 aliphatic heterocycles. The molecule has 4 aromatic rings. The summed E-state index contributed by atoms with van der Waals surface area (Å²) in [6, 6.07) is 16.2. The Labute approximate surface area is 364 Å². The molecule has 6 amide bonds. The Bertz CT molecular complexity index is 2190. The minimum absolute atomic E-state index is 0.0159. The Morgan fingerprint density at radius 2 is 1.21 bits per heavy atom. The molecule has 2 heterocycles. The summed E-state index contributed by atoms with van der Waals surface area (Å²) in [5.41, 5.74) is 8.84. The first kappa shape index (κ1) is 46.8. The number of H-pyrrole nitrogens is 1. The van der Waals surface area contributed by atoms with E-state index in [-0.39, 0.29) is 31.4 Å². The van der Waals surface area contributed by atoms with Crippen molar-refractivity contribution >= 4 is 46.3 Å². The van der Waals surface area contributed by atoms with Gasteiger partial charge in [0.05, 0.1) is 0 Å². The summed E-state index contributed by atoms with van der Waals surface area (Å²) in [5, 5.41) is 16.7. The molecule has 62 heavy (non-hydrogen) atoms. The fourth-order valence-electron chi connectivity index (χ4n) is 7.99. The first-order valence-electron chi connectivity index (χ1n) is 21.3. The molecule has 0 aliphatic carbocycles. The minimum Gasteiger partial charge on any atom is -0.508 e. The van der Waals surface area contributed by atoms with E-state index in [1.54, 1.807) is 39.1 Å². The summed E-state index contributed by atoms with van der Waals surface area (Å²) in [6.45, 7) is 5.49. The standard InChI is InChI=1S/C47H62N8O7/c1-29(2)41-47(62)55(7)39(26-31-15-9-8-10-16-31)45(60)52(4)30(3)42(57)50-37(25-32-20-22-34(56)23-21-32)44(59)54(6)40(27-33-28-49-36-18-12-11-17-35(33)36)46(61)53(5)38(43(58)51-41)19-13-14-24-48/h8-12,15-18,20-23,28-30,37-41,49,56H,13-14,19,24-27,48H2,1-7H3,(H,50,57)(H,51,58)/t30-,37-,38-,39-,40+,41-/m0/s1. The Balaban J connectivity index is 1.65. The number of carbonyl (C=O) groups excluding carboxylic acids is 6. The lowest BCUT2D eigenvalue weighted by atomic mass is 9.97. The number of nitrogens with zero attached hydrogens (tertiary/aromatic N) is 4. The molecule has 0 saturated carbocycles. The maximum atomic E-state index is 15.1. The zero-order valence-corrected chi connectivity index (χ0v) is 36.8. The number of rotatable bonds is 11. The van der Waals surface area contributed by atoms with Gasteiger partial charge in [-0.3, -0.25) is 28.8 Å². The average molecular weight is 851 g/mol. The van der Waals surface area contributed by atoms with Crippen LogP contribution in [0.15, 0.2) is 85.1 Å². The normalized spacial score (nSPS) is 22.9. The van der Waals surface area contributed by atoms with E-state index in [1.807, 2.05) is 54.6 Å². The number of phenolic OH excluding ortho intramolecular Hbond substituents is 1. The lowest BCUT2D eigenvalue weighted by Gasteiger charge is -2.38. The van der Waals surface area contributed by atoms with E-state index >= 15 is 4.79 Å². The van der Waals surface area contributed by atoms with Gasteiger partial charge in [0.1, 0.15) is 42.0 Å². The van der Waals surface area contributed by atoms with Gasteiger partial charge in [-0.15, -0.1) is 0 Å². The summed E-state index contributed by atoms with van der Waals surface area (Å²) in [4.78, 5) is 96.6. The number of para-hydroxylation sites is 1. The van der Waals surface area contributed by atoms with Crippen molar-refractivity contribution < 1.29 is 33.9 Å². The molecule has 0 bridgehead atoms. The number of likely N-dealkylation sites (N-methyl/N-ethyl adjacent to an activating group) is 4. The van der Waals surface area contributed by atoms with Gasteiger partial charge >= 0.3 is 0 Å². The van der Waals surface area contributed by atoms with Gasteiger partial charge in [-0.25, -0.2) is 0 Å². The molecular weight excluding hydrogens is 789 g/mol. The summed E-state index contributed by atoms with van der Waals surface area (Å²) < 4.78 is 0. The van der Waals surface area contributed by atoms with Gasteiger partial charge in [-0.05, 0) is 73.5 Å². The summed E-state index contributed by atoms with van der Waals surface area (Å²) in [7, 11) is 6.01. The molecule has 332 valence electrons. The molecule has 15 heteroatoms. The number of nitrogens with two attached hydrogens (primary N) is 1. The number of aromatic amines is 1. The van der Waals surface area contributed by atoms with Crippen LogP contribution in [0.4, 0.5) is 0 Å². The molecule has 0 spiro atoms. The molecular formula is C47H62N8O7. The van der Waals surface area contributed by atoms with Gasteiger partial charge in [0.15, 0.2) is 0 Å². The third kappa shape index (κ3) is 11.0. The molecule has 6 N–H and O–H groups in total. The minimum atomic E-state index is -1.23. The van der Waals surface area contributed by atoms with Crippen LogP contribution in [0, 0.1) is 5.92 Å². The Morgan fingerprint density at radius 3 is 1.87 bits per heavy atom. The van der Waals surface area contributed by atoms with Crippen molar-refractivity contribution in [2.24, 2.45) is 11.7 Å². The molecule has 3 aromatic carbocycles. The number of fused-ring (bicyclic) bond motifs is 1. The molecule has 0 unspecified atom stereocenters. The maximum Gasteiger partial charge on any atom is 0.246 e. The number of unbranched alkanes of at least 4 members (excludes halogenated alkanes) is 1. The van der Waals surface area contributed by atoms with E-state index in [1.165, 1.54) is 59.9 Å². The lowest BCUT2D eigenvalue weighted by Crippen LogP contribution is -2.62. The molecule has 1 fully saturated rings. The van der Waals surface area contributed by atoms with E-state index in [4.69, 9.17) is 5.73 Å². The monoisotopic (exact) mass is 850 g/mol. The largest absolute Gasteiger partial charge is 0.508 e. The summed E-state index contributed by atoms with van der Waals surface area (Å²) >= 11 is 0. The van der Waals surface area contributed by atoms with Gasteiger partial charge < -0.3 is 46.1 Å². The van der Waals surface area contributed by atoms with Gasteiger partial charge in [-0.2, -0.15) is 0 Å².